The number of benzene rings is 1. The van der Waals surface area contributed by atoms with Crippen LogP contribution in [0.5, 0.6) is 5.75 Å². The summed E-state index contributed by atoms with van der Waals surface area (Å²) in [6, 6.07) is 7.35. The fraction of sp³-hybridized carbons (Fsp3) is 0.250. The molecule has 0 aliphatic rings. The second kappa shape index (κ2) is 5.99. The van der Waals surface area contributed by atoms with E-state index in [4.69, 9.17) is 16.3 Å². The molecule has 1 N–H and O–H groups in total. The third-order valence-electron chi connectivity index (χ3n) is 2.54. The Bertz CT molecular complexity index is 588. The molecule has 19 heavy (non-hydrogen) atoms. The first-order valence-electron chi connectivity index (χ1n) is 5.54. The van der Waals surface area contributed by atoms with Crippen LogP contribution in [0.15, 0.2) is 24.3 Å². The largest absolute Gasteiger partial charge is 0.497 e. The molecule has 1 heterocycles. The topological polar surface area (TPSA) is 64.1 Å². The number of nitrogens with zero attached hydrogens (tertiary/aromatic N) is 2. The number of rotatable bonds is 4. The molecular formula is C12H12ClN3O2S. The highest BCUT2D eigenvalue weighted by Crippen LogP contribution is 2.20. The number of aromatic nitrogens is 2. The zero-order chi connectivity index (χ0) is 13.8. The van der Waals surface area contributed by atoms with Crippen LogP contribution in [0.1, 0.15) is 28.3 Å². The summed E-state index contributed by atoms with van der Waals surface area (Å²) in [5.74, 6) is 0.456. The van der Waals surface area contributed by atoms with Crippen LogP contribution < -0.4 is 10.1 Å². The lowest BCUT2D eigenvalue weighted by Gasteiger charge is -2.14. The Kier molecular flexibility index (Phi) is 4.34. The average Bonchev–Trinajstić information content (AvgIpc) is 2.85. The van der Waals surface area contributed by atoms with Gasteiger partial charge in [-0.1, -0.05) is 23.5 Å². The molecule has 100 valence electrons. The predicted octanol–water partition coefficient (Wildman–Crippen LogP) is 2.69. The number of methoxy groups -OCH3 is 1. The first kappa shape index (κ1) is 13.8. The van der Waals surface area contributed by atoms with Gasteiger partial charge in [-0.2, -0.15) is 0 Å². The fourth-order valence-corrected chi connectivity index (χ4v) is 2.28. The highest BCUT2D eigenvalue weighted by Gasteiger charge is 2.15. The van der Waals surface area contributed by atoms with E-state index in [1.165, 1.54) is 0 Å². The number of amides is 1. The normalized spacial score (nSPS) is 11.9. The Balaban J connectivity index is 2.08. The lowest BCUT2D eigenvalue weighted by molar-refractivity contribution is 0.0938. The molecule has 5 nitrogen and oxygen atoms in total. The molecule has 2 aromatic rings. The number of halogens is 1. The SMILES string of the molecule is COc1cccc(C(C)NC(=O)c2nnc(Cl)s2)c1. The fourth-order valence-electron chi connectivity index (χ4n) is 1.55. The van der Waals surface area contributed by atoms with E-state index in [9.17, 15) is 4.79 Å². The van der Waals surface area contributed by atoms with Gasteiger partial charge in [-0.15, -0.1) is 10.2 Å². The summed E-state index contributed by atoms with van der Waals surface area (Å²) in [5.41, 5.74) is 0.948. The van der Waals surface area contributed by atoms with Gasteiger partial charge >= 0.3 is 0 Å². The molecule has 0 saturated heterocycles. The van der Waals surface area contributed by atoms with Crippen molar-refractivity contribution in [1.82, 2.24) is 15.5 Å². The van der Waals surface area contributed by atoms with Gasteiger partial charge in [0.2, 0.25) is 9.47 Å². The van der Waals surface area contributed by atoms with E-state index in [1.54, 1.807) is 7.11 Å². The van der Waals surface area contributed by atoms with Crippen LogP contribution in [0.4, 0.5) is 0 Å². The van der Waals surface area contributed by atoms with Crippen molar-refractivity contribution < 1.29 is 9.53 Å². The first-order chi connectivity index (χ1) is 9.10. The molecule has 0 aliphatic carbocycles. The summed E-state index contributed by atoms with van der Waals surface area (Å²) >= 11 is 6.69. The molecule has 0 saturated carbocycles. The summed E-state index contributed by atoms with van der Waals surface area (Å²) in [4.78, 5) is 11.9. The van der Waals surface area contributed by atoms with E-state index in [2.05, 4.69) is 15.5 Å². The Morgan fingerprint density at radius 3 is 2.89 bits per heavy atom. The van der Waals surface area contributed by atoms with E-state index >= 15 is 0 Å². The van der Waals surface area contributed by atoms with Crippen LogP contribution in [0.2, 0.25) is 4.47 Å². The molecular weight excluding hydrogens is 286 g/mol. The lowest BCUT2D eigenvalue weighted by Crippen LogP contribution is -2.26. The van der Waals surface area contributed by atoms with Crippen LogP contribution in [-0.2, 0) is 0 Å². The van der Waals surface area contributed by atoms with Gasteiger partial charge in [0.1, 0.15) is 5.75 Å². The molecule has 0 bridgehead atoms. The van der Waals surface area contributed by atoms with Gasteiger partial charge in [-0.25, -0.2) is 0 Å². The molecule has 1 amide bonds. The van der Waals surface area contributed by atoms with Crippen molar-refractivity contribution in [2.24, 2.45) is 0 Å². The van der Waals surface area contributed by atoms with Crippen molar-refractivity contribution in [3.8, 4) is 5.75 Å². The second-order valence-electron chi connectivity index (χ2n) is 3.83. The molecule has 0 aliphatic heterocycles. The predicted molar refractivity (Wildman–Crippen MR) is 73.8 cm³/mol. The maximum Gasteiger partial charge on any atom is 0.282 e. The van der Waals surface area contributed by atoms with Crippen LogP contribution in [0.3, 0.4) is 0 Å². The molecule has 1 unspecified atom stereocenters. The van der Waals surface area contributed by atoms with E-state index in [1.807, 2.05) is 31.2 Å². The van der Waals surface area contributed by atoms with Crippen molar-refractivity contribution in [3.63, 3.8) is 0 Å². The van der Waals surface area contributed by atoms with Crippen LogP contribution in [-0.4, -0.2) is 23.2 Å². The number of carbonyl (C=O) groups excluding carboxylic acids is 1. The number of hydrogen-bond acceptors (Lipinski definition) is 5. The quantitative estimate of drug-likeness (QED) is 0.942. The van der Waals surface area contributed by atoms with Crippen molar-refractivity contribution in [3.05, 3.63) is 39.3 Å². The van der Waals surface area contributed by atoms with Crippen molar-refractivity contribution >= 4 is 28.8 Å². The zero-order valence-corrected chi connectivity index (χ0v) is 12.0. The van der Waals surface area contributed by atoms with E-state index in [-0.39, 0.29) is 21.4 Å². The number of nitrogens with one attached hydrogen (secondary N) is 1. The second-order valence-corrected chi connectivity index (χ2v) is 5.39. The van der Waals surface area contributed by atoms with Gasteiger partial charge in [-0.05, 0) is 36.2 Å². The minimum atomic E-state index is -0.292. The Morgan fingerprint density at radius 1 is 1.47 bits per heavy atom. The molecule has 0 fully saturated rings. The highest BCUT2D eigenvalue weighted by molar-refractivity contribution is 7.17. The Labute approximate surface area is 119 Å². The van der Waals surface area contributed by atoms with Gasteiger partial charge < -0.3 is 10.1 Å². The first-order valence-corrected chi connectivity index (χ1v) is 6.73. The molecule has 1 aromatic carbocycles. The number of ether oxygens (including phenoxy) is 1. The van der Waals surface area contributed by atoms with Crippen molar-refractivity contribution in [2.75, 3.05) is 7.11 Å². The maximum atomic E-state index is 11.9. The minimum absolute atomic E-state index is 0.162. The number of carbonyl (C=O) groups is 1. The van der Waals surface area contributed by atoms with Gasteiger partial charge in [0.25, 0.3) is 5.91 Å². The standard InChI is InChI=1S/C12H12ClN3O2S/c1-7(8-4-3-5-9(6-8)18-2)14-10(17)11-15-16-12(13)19-11/h3-7H,1-2H3,(H,14,17). The Hall–Kier alpha value is -1.66. The van der Waals surface area contributed by atoms with Gasteiger partial charge in [0.15, 0.2) is 0 Å². The smallest absolute Gasteiger partial charge is 0.282 e. The number of hydrogen-bond donors (Lipinski definition) is 1. The third-order valence-corrected chi connectivity index (χ3v) is 3.55. The van der Waals surface area contributed by atoms with E-state index in [0.717, 1.165) is 22.6 Å². The monoisotopic (exact) mass is 297 g/mol. The lowest BCUT2D eigenvalue weighted by atomic mass is 10.1. The van der Waals surface area contributed by atoms with E-state index < -0.39 is 0 Å². The van der Waals surface area contributed by atoms with Crippen LogP contribution >= 0.6 is 22.9 Å². The summed E-state index contributed by atoms with van der Waals surface area (Å²) in [6.07, 6.45) is 0. The van der Waals surface area contributed by atoms with Crippen molar-refractivity contribution in [2.45, 2.75) is 13.0 Å². The van der Waals surface area contributed by atoms with Gasteiger partial charge in [0, 0.05) is 0 Å². The van der Waals surface area contributed by atoms with E-state index in [0.29, 0.717) is 0 Å². The average molecular weight is 298 g/mol. The van der Waals surface area contributed by atoms with Crippen molar-refractivity contribution in [1.29, 1.82) is 0 Å². The zero-order valence-electron chi connectivity index (χ0n) is 10.4. The van der Waals surface area contributed by atoms with Crippen LogP contribution in [0.25, 0.3) is 0 Å². The minimum Gasteiger partial charge on any atom is -0.497 e. The molecule has 2 rings (SSSR count). The summed E-state index contributed by atoms with van der Waals surface area (Å²) < 4.78 is 5.40. The molecule has 0 spiro atoms. The maximum absolute atomic E-state index is 11.9. The summed E-state index contributed by atoms with van der Waals surface area (Å²) in [5, 5.41) is 10.4. The van der Waals surface area contributed by atoms with Crippen LogP contribution in [0, 0.1) is 0 Å². The molecule has 0 radical (unpaired) electrons. The molecule has 1 atom stereocenters. The highest BCUT2D eigenvalue weighted by atomic mass is 35.5. The summed E-state index contributed by atoms with van der Waals surface area (Å²) in [6.45, 7) is 1.88. The molecule has 1 aromatic heterocycles. The summed E-state index contributed by atoms with van der Waals surface area (Å²) in [7, 11) is 1.60. The third kappa shape index (κ3) is 3.42. The van der Waals surface area contributed by atoms with Gasteiger partial charge in [-0.3, -0.25) is 4.79 Å². The Morgan fingerprint density at radius 2 is 2.26 bits per heavy atom. The van der Waals surface area contributed by atoms with Gasteiger partial charge in [0.05, 0.1) is 13.2 Å². The molecule has 7 heteroatoms.